The van der Waals surface area contributed by atoms with Gasteiger partial charge in [-0.2, -0.15) is 0 Å². The van der Waals surface area contributed by atoms with E-state index in [-0.39, 0.29) is 6.23 Å². The summed E-state index contributed by atoms with van der Waals surface area (Å²) in [6.45, 7) is 2.29. The minimum absolute atomic E-state index is 0.151. The zero-order valence-corrected chi connectivity index (χ0v) is 19.6. The van der Waals surface area contributed by atoms with Crippen LogP contribution in [0.1, 0.15) is 30.0 Å². The fourth-order valence-electron chi connectivity index (χ4n) is 5.62. The Morgan fingerprint density at radius 2 is 1.40 bits per heavy atom. The average Bonchev–Trinajstić information content (AvgIpc) is 3.50. The Balaban J connectivity index is 1.36. The van der Waals surface area contributed by atoms with Crippen molar-refractivity contribution in [3.05, 3.63) is 132 Å². The number of benzene rings is 4. The average molecular weight is 455 g/mol. The molecular weight excluding hydrogens is 428 g/mol. The van der Waals surface area contributed by atoms with Crippen molar-refractivity contribution in [3.63, 3.8) is 0 Å². The number of hydrogen-bond donors (Lipinski definition) is 1. The molecule has 0 amide bonds. The maximum atomic E-state index is 6.64. The van der Waals surface area contributed by atoms with E-state index in [1.807, 2.05) is 6.07 Å². The molecule has 0 spiro atoms. The van der Waals surface area contributed by atoms with Crippen molar-refractivity contribution in [1.82, 2.24) is 9.88 Å². The zero-order valence-electron chi connectivity index (χ0n) is 19.6. The van der Waals surface area contributed by atoms with Gasteiger partial charge in [0, 0.05) is 33.8 Å². The summed E-state index contributed by atoms with van der Waals surface area (Å²) in [6, 6.07) is 38.6. The molecule has 1 aliphatic heterocycles. The van der Waals surface area contributed by atoms with Gasteiger partial charge in [0.15, 0.2) is 12.0 Å². The molecule has 2 aliphatic rings. The largest absolute Gasteiger partial charge is 0.464 e. The van der Waals surface area contributed by atoms with Gasteiger partial charge in [0.2, 0.25) is 0 Å². The van der Waals surface area contributed by atoms with Crippen LogP contribution < -0.4 is 5.32 Å². The van der Waals surface area contributed by atoms with E-state index in [1.54, 1.807) is 0 Å². The number of aromatic nitrogens is 1. The van der Waals surface area contributed by atoms with Crippen LogP contribution in [0.2, 0.25) is 0 Å². The highest BCUT2D eigenvalue weighted by Gasteiger charge is 2.38. The van der Waals surface area contributed by atoms with Gasteiger partial charge in [-0.1, -0.05) is 97.9 Å². The summed E-state index contributed by atoms with van der Waals surface area (Å²) < 4.78 is 9.07. The summed E-state index contributed by atoms with van der Waals surface area (Å²) in [6.07, 6.45) is 0.808. The van der Waals surface area contributed by atoms with Crippen LogP contribution in [0.3, 0.4) is 0 Å². The number of allylic oxidation sites excluding steroid dienone is 1. The fourth-order valence-corrected chi connectivity index (χ4v) is 5.62. The normalized spacial score (nSPS) is 18.7. The predicted octanol–water partition coefficient (Wildman–Crippen LogP) is 7.48. The molecule has 35 heavy (non-hydrogen) atoms. The SMILES string of the molecule is CC1Cc2c(c3ccccc3n2-c2ccc(-c3ccccc3)cc2)C2=C1NC(c1ccccc1)O2. The standard InChI is InChI=1S/C32H26N2O/c1-21-20-28-29(31-30(21)33-32(35-31)24-12-6-3-7-13-24)26-14-8-9-15-27(26)34(28)25-18-16-23(17-19-25)22-10-4-2-5-11-22/h2-19,21,32-33H,20H2,1H3. The van der Waals surface area contributed by atoms with Crippen molar-refractivity contribution in [2.45, 2.75) is 19.6 Å². The first kappa shape index (κ1) is 20.2. The first-order valence-corrected chi connectivity index (χ1v) is 12.3. The molecule has 0 radical (unpaired) electrons. The predicted molar refractivity (Wildman–Crippen MR) is 142 cm³/mol. The third-order valence-electron chi connectivity index (χ3n) is 7.29. The molecule has 1 aliphatic carbocycles. The molecule has 7 rings (SSSR count). The molecule has 0 saturated carbocycles. The number of hydrogen-bond acceptors (Lipinski definition) is 2. The lowest BCUT2D eigenvalue weighted by Gasteiger charge is -2.22. The van der Waals surface area contributed by atoms with Crippen molar-refractivity contribution in [3.8, 4) is 16.8 Å². The van der Waals surface area contributed by atoms with Gasteiger partial charge >= 0.3 is 0 Å². The molecule has 0 fully saturated rings. The van der Waals surface area contributed by atoms with Gasteiger partial charge in [0.1, 0.15) is 0 Å². The molecular formula is C32H26N2O. The Hall–Kier alpha value is -4.24. The third-order valence-corrected chi connectivity index (χ3v) is 7.29. The second-order valence-electron chi connectivity index (χ2n) is 9.49. The Morgan fingerprint density at radius 3 is 2.17 bits per heavy atom. The van der Waals surface area contributed by atoms with Crippen LogP contribution in [0.15, 0.2) is 115 Å². The van der Waals surface area contributed by atoms with Crippen molar-refractivity contribution < 1.29 is 4.74 Å². The van der Waals surface area contributed by atoms with Crippen molar-refractivity contribution in [2.24, 2.45) is 5.92 Å². The van der Waals surface area contributed by atoms with Crippen LogP contribution in [0.25, 0.3) is 33.5 Å². The van der Waals surface area contributed by atoms with Crippen molar-refractivity contribution in [2.75, 3.05) is 0 Å². The molecule has 2 heterocycles. The molecule has 0 saturated heterocycles. The smallest absolute Gasteiger partial charge is 0.196 e. The van der Waals surface area contributed by atoms with E-state index in [4.69, 9.17) is 4.74 Å². The van der Waals surface area contributed by atoms with Crippen LogP contribution in [0.5, 0.6) is 0 Å². The van der Waals surface area contributed by atoms with E-state index in [9.17, 15) is 0 Å². The Morgan fingerprint density at radius 1 is 0.743 bits per heavy atom. The van der Waals surface area contributed by atoms with Crippen molar-refractivity contribution in [1.29, 1.82) is 0 Å². The molecule has 1 aromatic heterocycles. The van der Waals surface area contributed by atoms with E-state index >= 15 is 0 Å². The van der Waals surface area contributed by atoms with Gasteiger partial charge in [0.25, 0.3) is 0 Å². The van der Waals surface area contributed by atoms with Gasteiger partial charge in [-0.05, 0) is 35.7 Å². The monoisotopic (exact) mass is 454 g/mol. The van der Waals surface area contributed by atoms with E-state index in [0.29, 0.717) is 5.92 Å². The zero-order chi connectivity index (χ0) is 23.4. The molecule has 3 nitrogen and oxygen atoms in total. The molecule has 2 unspecified atom stereocenters. The highest BCUT2D eigenvalue weighted by Crippen LogP contribution is 2.46. The number of nitrogens with one attached hydrogen (secondary N) is 1. The number of nitrogens with zero attached hydrogens (tertiary/aromatic N) is 1. The molecule has 2 atom stereocenters. The van der Waals surface area contributed by atoms with E-state index < -0.39 is 0 Å². The lowest BCUT2D eigenvalue weighted by Crippen LogP contribution is -2.22. The van der Waals surface area contributed by atoms with Crippen molar-refractivity contribution >= 4 is 16.7 Å². The topological polar surface area (TPSA) is 26.2 Å². The first-order chi connectivity index (χ1) is 17.3. The number of ether oxygens (including phenoxy) is 1. The summed E-state index contributed by atoms with van der Waals surface area (Å²) in [5.74, 6) is 1.35. The van der Waals surface area contributed by atoms with Gasteiger partial charge in [-0.3, -0.25) is 0 Å². The van der Waals surface area contributed by atoms with E-state index in [2.05, 4.69) is 120 Å². The maximum absolute atomic E-state index is 6.64. The maximum Gasteiger partial charge on any atom is 0.196 e. The number of para-hydroxylation sites is 1. The molecule has 4 aromatic carbocycles. The number of rotatable bonds is 3. The Bertz CT molecular complexity index is 1560. The van der Waals surface area contributed by atoms with E-state index in [0.717, 1.165) is 17.7 Å². The fraction of sp³-hybridized carbons (Fsp3) is 0.125. The van der Waals surface area contributed by atoms with Crippen LogP contribution in [0, 0.1) is 5.92 Å². The first-order valence-electron chi connectivity index (χ1n) is 12.3. The molecule has 5 aromatic rings. The van der Waals surface area contributed by atoms with Gasteiger partial charge in [0.05, 0.1) is 11.2 Å². The number of fused-ring (bicyclic) bond motifs is 4. The lowest BCUT2D eigenvalue weighted by molar-refractivity contribution is 0.173. The minimum atomic E-state index is -0.151. The van der Waals surface area contributed by atoms with E-state index in [1.165, 1.54) is 44.7 Å². The summed E-state index contributed by atoms with van der Waals surface area (Å²) in [5, 5.41) is 4.93. The summed E-state index contributed by atoms with van der Waals surface area (Å²) in [5.41, 5.74) is 9.78. The minimum Gasteiger partial charge on any atom is -0.464 e. The van der Waals surface area contributed by atoms with Crippen LogP contribution in [-0.2, 0) is 11.2 Å². The third kappa shape index (κ3) is 3.19. The lowest BCUT2D eigenvalue weighted by atomic mass is 9.90. The van der Waals surface area contributed by atoms with Crippen LogP contribution >= 0.6 is 0 Å². The molecule has 170 valence electrons. The Labute approximate surface area is 205 Å². The van der Waals surface area contributed by atoms with Gasteiger partial charge in [-0.25, -0.2) is 0 Å². The second kappa shape index (κ2) is 7.92. The summed E-state index contributed by atoms with van der Waals surface area (Å²) in [7, 11) is 0. The van der Waals surface area contributed by atoms with Gasteiger partial charge in [-0.15, -0.1) is 0 Å². The summed E-state index contributed by atoms with van der Waals surface area (Å²) >= 11 is 0. The summed E-state index contributed by atoms with van der Waals surface area (Å²) in [4.78, 5) is 0. The van der Waals surface area contributed by atoms with Crippen LogP contribution in [-0.4, -0.2) is 4.57 Å². The molecule has 3 heteroatoms. The molecule has 0 bridgehead atoms. The molecule has 1 N–H and O–H groups in total. The Kier molecular flexibility index (Phi) is 4.56. The van der Waals surface area contributed by atoms with Crippen LogP contribution in [0.4, 0.5) is 0 Å². The quantitative estimate of drug-likeness (QED) is 0.306. The second-order valence-corrected chi connectivity index (χ2v) is 9.49. The highest BCUT2D eigenvalue weighted by atomic mass is 16.5. The van der Waals surface area contributed by atoms with Gasteiger partial charge < -0.3 is 14.6 Å². The highest BCUT2D eigenvalue weighted by molar-refractivity contribution is 5.96.